The number of hydrogen-bond donors (Lipinski definition) is 0. The van der Waals surface area contributed by atoms with E-state index in [0.29, 0.717) is 23.0 Å². The summed E-state index contributed by atoms with van der Waals surface area (Å²) in [5.41, 5.74) is 1.87. The van der Waals surface area contributed by atoms with Crippen molar-refractivity contribution in [3.63, 3.8) is 0 Å². The molecule has 0 N–H and O–H groups in total. The van der Waals surface area contributed by atoms with Crippen molar-refractivity contribution in [2.24, 2.45) is 0 Å². The van der Waals surface area contributed by atoms with Crippen LogP contribution in [-0.2, 0) is 16.1 Å². The van der Waals surface area contributed by atoms with Crippen LogP contribution in [0.3, 0.4) is 0 Å². The van der Waals surface area contributed by atoms with Crippen LogP contribution in [0.15, 0.2) is 46.6 Å². The Morgan fingerprint density at radius 3 is 2.96 bits per heavy atom. The van der Waals surface area contributed by atoms with E-state index in [-0.39, 0.29) is 12.2 Å². The number of thiazole rings is 1. The molecule has 0 atom stereocenters. The Labute approximate surface area is 154 Å². The molecule has 2 heterocycles. The zero-order valence-corrected chi connectivity index (χ0v) is 15.3. The van der Waals surface area contributed by atoms with Gasteiger partial charge in [0.1, 0.15) is 12.4 Å². The molecule has 6 nitrogen and oxygen atoms in total. The number of carbonyl (C=O) groups is 1. The highest BCUT2D eigenvalue weighted by Crippen LogP contribution is 2.19. The van der Waals surface area contributed by atoms with Crippen molar-refractivity contribution in [1.82, 2.24) is 9.38 Å². The largest absolute Gasteiger partial charge is 0.493 e. The summed E-state index contributed by atoms with van der Waals surface area (Å²) in [6, 6.07) is 8.80. The van der Waals surface area contributed by atoms with E-state index in [4.69, 9.17) is 9.47 Å². The van der Waals surface area contributed by atoms with Crippen LogP contribution in [0.2, 0.25) is 0 Å². The molecule has 3 rings (SSSR count). The highest BCUT2D eigenvalue weighted by Gasteiger charge is 2.08. The number of para-hydroxylation sites is 1. The van der Waals surface area contributed by atoms with Crippen molar-refractivity contribution in [3.05, 3.63) is 69.1 Å². The summed E-state index contributed by atoms with van der Waals surface area (Å²) >= 11 is 1.37. The molecule has 0 bridgehead atoms. The predicted molar refractivity (Wildman–Crippen MR) is 101 cm³/mol. The molecular formula is C19H18N2O4S. The van der Waals surface area contributed by atoms with Gasteiger partial charge in [-0.2, -0.15) is 0 Å². The molecule has 134 valence electrons. The maximum Gasteiger partial charge on any atom is 0.331 e. The first-order valence-electron chi connectivity index (χ1n) is 8.12. The fraction of sp³-hybridized carbons (Fsp3) is 0.211. The summed E-state index contributed by atoms with van der Waals surface area (Å²) in [5, 5.41) is 1.86. The third-order valence-corrected chi connectivity index (χ3v) is 4.55. The van der Waals surface area contributed by atoms with Crippen molar-refractivity contribution in [2.45, 2.75) is 20.5 Å². The topological polar surface area (TPSA) is 69.9 Å². The lowest BCUT2D eigenvalue weighted by molar-refractivity contribution is -0.139. The Balaban J connectivity index is 1.67. The SMILES string of the molecule is CCOc1ccccc1/C=C/C(=O)OCc1cc(=O)n2c(C)csc2n1. The quantitative estimate of drug-likeness (QED) is 0.492. The van der Waals surface area contributed by atoms with E-state index in [9.17, 15) is 9.59 Å². The van der Waals surface area contributed by atoms with Gasteiger partial charge in [0, 0.05) is 28.8 Å². The molecule has 0 aliphatic rings. The van der Waals surface area contributed by atoms with Gasteiger partial charge in [0.05, 0.1) is 12.3 Å². The molecule has 7 heteroatoms. The van der Waals surface area contributed by atoms with E-state index in [1.54, 1.807) is 6.08 Å². The lowest BCUT2D eigenvalue weighted by Crippen LogP contribution is -2.16. The first-order valence-corrected chi connectivity index (χ1v) is 9.00. The highest BCUT2D eigenvalue weighted by molar-refractivity contribution is 7.15. The number of fused-ring (bicyclic) bond motifs is 1. The van der Waals surface area contributed by atoms with Crippen LogP contribution in [-0.4, -0.2) is 22.0 Å². The fourth-order valence-electron chi connectivity index (χ4n) is 2.43. The number of esters is 1. The van der Waals surface area contributed by atoms with Crippen LogP contribution in [0.4, 0.5) is 0 Å². The fourth-order valence-corrected chi connectivity index (χ4v) is 3.32. The van der Waals surface area contributed by atoms with Crippen molar-refractivity contribution in [2.75, 3.05) is 6.61 Å². The Morgan fingerprint density at radius 2 is 2.15 bits per heavy atom. The first-order chi connectivity index (χ1) is 12.6. The minimum absolute atomic E-state index is 0.0566. The Bertz CT molecular complexity index is 1020. The number of aromatic nitrogens is 2. The van der Waals surface area contributed by atoms with Crippen molar-refractivity contribution in [1.29, 1.82) is 0 Å². The van der Waals surface area contributed by atoms with E-state index < -0.39 is 5.97 Å². The molecule has 0 unspecified atom stereocenters. The molecule has 3 aromatic rings. The molecule has 0 saturated heterocycles. The summed E-state index contributed by atoms with van der Waals surface area (Å²) < 4.78 is 12.2. The zero-order chi connectivity index (χ0) is 18.5. The summed E-state index contributed by atoms with van der Waals surface area (Å²) in [4.78, 5) is 29.0. The van der Waals surface area contributed by atoms with Crippen LogP contribution in [0.25, 0.3) is 11.0 Å². The number of aryl methyl sites for hydroxylation is 1. The van der Waals surface area contributed by atoms with Crippen molar-refractivity contribution < 1.29 is 14.3 Å². The van der Waals surface area contributed by atoms with Crippen LogP contribution in [0, 0.1) is 6.92 Å². The van der Waals surface area contributed by atoms with Gasteiger partial charge < -0.3 is 9.47 Å². The van der Waals surface area contributed by atoms with Gasteiger partial charge in [0.25, 0.3) is 5.56 Å². The molecular weight excluding hydrogens is 352 g/mol. The van der Waals surface area contributed by atoms with Crippen LogP contribution < -0.4 is 10.3 Å². The van der Waals surface area contributed by atoms with Gasteiger partial charge >= 0.3 is 5.97 Å². The van der Waals surface area contributed by atoms with E-state index >= 15 is 0 Å². The van der Waals surface area contributed by atoms with E-state index in [1.165, 1.54) is 27.9 Å². The number of carbonyl (C=O) groups excluding carboxylic acids is 1. The van der Waals surface area contributed by atoms with Gasteiger partial charge in [-0.05, 0) is 26.0 Å². The first kappa shape index (κ1) is 17.9. The summed E-state index contributed by atoms with van der Waals surface area (Å²) in [5.74, 6) is 0.188. The summed E-state index contributed by atoms with van der Waals surface area (Å²) in [7, 11) is 0. The normalized spacial score (nSPS) is 11.2. The van der Waals surface area contributed by atoms with Gasteiger partial charge in [0.15, 0.2) is 4.96 Å². The third kappa shape index (κ3) is 4.00. The van der Waals surface area contributed by atoms with E-state index in [2.05, 4.69) is 4.98 Å². The van der Waals surface area contributed by atoms with Gasteiger partial charge in [-0.15, -0.1) is 11.3 Å². The minimum atomic E-state index is -0.513. The Kier molecular flexibility index (Phi) is 5.48. The number of benzene rings is 1. The van der Waals surface area contributed by atoms with E-state index in [1.807, 2.05) is 43.5 Å². The second-order valence-corrected chi connectivity index (χ2v) is 6.33. The third-order valence-electron chi connectivity index (χ3n) is 3.61. The molecule has 0 spiro atoms. The smallest absolute Gasteiger partial charge is 0.331 e. The lowest BCUT2D eigenvalue weighted by Gasteiger charge is -2.06. The molecule has 0 aliphatic carbocycles. The summed E-state index contributed by atoms with van der Waals surface area (Å²) in [6.45, 7) is 4.23. The molecule has 0 aliphatic heterocycles. The second-order valence-electron chi connectivity index (χ2n) is 5.49. The average Bonchev–Trinajstić information content (AvgIpc) is 3.01. The summed E-state index contributed by atoms with van der Waals surface area (Å²) in [6.07, 6.45) is 2.97. The maximum absolute atomic E-state index is 12.1. The Morgan fingerprint density at radius 1 is 1.35 bits per heavy atom. The predicted octanol–water partition coefficient (Wildman–Crippen LogP) is 3.22. The average molecular weight is 370 g/mol. The van der Waals surface area contributed by atoms with Crippen molar-refractivity contribution >= 4 is 28.3 Å². The molecule has 0 saturated carbocycles. The standard InChI is InChI=1S/C19H18N2O4S/c1-3-24-16-7-5-4-6-14(16)8-9-18(23)25-11-15-10-17(22)21-13(2)12-26-19(21)20-15/h4-10,12H,3,11H2,1-2H3/b9-8+. The highest BCUT2D eigenvalue weighted by atomic mass is 32.1. The Hall–Kier alpha value is -2.93. The van der Waals surface area contributed by atoms with Gasteiger partial charge in [-0.3, -0.25) is 9.20 Å². The zero-order valence-electron chi connectivity index (χ0n) is 14.5. The van der Waals surface area contributed by atoms with E-state index in [0.717, 1.165) is 11.3 Å². The molecule has 0 amide bonds. The second kappa shape index (κ2) is 7.97. The van der Waals surface area contributed by atoms with Gasteiger partial charge in [-0.25, -0.2) is 9.78 Å². The molecule has 2 aromatic heterocycles. The molecule has 0 fully saturated rings. The number of hydrogen-bond acceptors (Lipinski definition) is 6. The van der Waals surface area contributed by atoms with Crippen LogP contribution >= 0.6 is 11.3 Å². The molecule has 1 aromatic carbocycles. The maximum atomic E-state index is 12.1. The number of nitrogens with zero attached hydrogens (tertiary/aromatic N) is 2. The van der Waals surface area contributed by atoms with Crippen molar-refractivity contribution in [3.8, 4) is 5.75 Å². The number of ether oxygens (including phenoxy) is 2. The number of rotatable bonds is 6. The van der Waals surface area contributed by atoms with Crippen LogP contribution in [0.1, 0.15) is 23.9 Å². The minimum Gasteiger partial charge on any atom is -0.493 e. The molecule has 26 heavy (non-hydrogen) atoms. The van der Waals surface area contributed by atoms with Gasteiger partial charge in [-0.1, -0.05) is 18.2 Å². The lowest BCUT2D eigenvalue weighted by atomic mass is 10.2. The van der Waals surface area contributed by atoms with Gasteiger partial charge in [0.2, 0.25) is 0 Å². The van der Waals surface area contributed by atoms with Crippen LogP contribution in [0.5, 0.6) is 5.75 Å². The monoisotopic (exact) mass is 370 g/mol. The molecule has 0 radical (unpaired) electrons.